The van der Waals surface area contributed by atoms with Crippen LogP contribution in [0.15, 0.2) is 62.9 Å². The van der Waals surface area contributed by atoms with Crippen LogP contribution in [0.1, 0.15) is 5.56 Å². The summed E-state index contributed by atoms with van der Waals surface area (Å²) in [5, 5.41) is 6.80. The molecule has 0 unspecified atom stereocenters. The van der Waals surface area contributed by atoms with Gasteiger partial charge in [-0.1, -0.05) is 39.7 Å². The van der Waals surface area contributed by atoms with E-state index < -0.39 is 9.84 Å². The van der Waals surface area contributed by atoms with Gasteiger partial charge in [0.2, 0.25) is 0 Å². The molecule has 0 saturated heterocycles. The van der Waals surface area contributed by atoms with E-state index in [4.69, 9.17) is 11.6 Å². The van der Waals surface area contributed by atoms with Crippen molar-refractivity contribution in [2.45, 2.75) is 11.4 Å². The van der Waals surface area contributed by atoms with Crippen LogP contribution in [0, 0.1) is 0 Å². The van der Waals surface area contributed by atoms with E-state index in [2.05, 4.69) is 31.6 Å². The summed E-state index contributed by atoms with van der Waals surface area (Å²) in [5.41, 5.74) is 1.01. The molecule has 0 fully saturated rings. The fourth-order valence-electron chi connectivity index (χ4n) is 2.12. The summed E-state index contributed by atoms with van der Waals surface area (Å²) in [6.45, 7) is 0.799. The topological polar surface area (TPSA) is 70.6 Å². The molecule has 2 N–H and O–H groups in total. The van der Waals surface area contributed by atoms with Gasteiger partial charge in [-0.3, -0.25) is 4.99 Å². The van der Waals surface area contributed by atoms with Crippen molar-refractivity contribution < 1.29 is 8.42 Å². The van der Waals surface area contributed by atoms with Crippen LogP contribution in [0.4, 0.5) is 0 Å². The maximum Gasteiger partial charge on any atom is 0.191 e. The summed E-state index contributed by atoms with van der Waals surface area (Å²) in [7, 11) is -1.70. The standard InChI is InChI=1S/C17H19BrClN3O2S/c1-20-17(22-12-13-3-2-4-15(19)11-13)21-9-10-25(23,24)16-7-5-14(18)6-8-16/h2-8,11H,9-10,12H2,1H3,(H2,20,21,22). The van der Waals surface area contributed by atoms with Gasteiger partial charge in [-0.25, -0.2) is 8.42 Å². The van der Waals surface area contributed by atoms with Crippen LogP contribution in [-0.2, 0) is 16.4 Å². The summed E-state index contributed by atoms with van der Waals surface area (Å²) in [6, 6.07) is 14.1. The zero-order valence-electron chi connectivity index (χ0n) is 13.7. The van der Waals surface area contributed by atoms with Gasteiger partial charge in [0.1, 0.15) is 0 Å². The summed E-state index contributed by atoms with van der Waals surface area (Å²) in [6.07, 6.45) is 0. The number of rotatable bonds is 6. The summed E-state index contributed by atoms with van der Waals surface area (Å²) >= 11 is 9.25. The lowest BCUT2D eigenvalue weighted by molar-refractivity contribution is 0.594. The number of sulfone groups is 1. The van der Waals surface area contributed by atoms with Gasteiger partial charge in [0, 0.05) is 29.6 Å². The lowest BCUT2D eigenvalue weighted by atomic mass is 10.2. The van der Waals surface area contributed by atoms with Crippen molar-refractivity contribution >= 4 is 43.3 Å². The first kappa shape index (κ1) is 19.8. The Morgan fingerprint density at radius 1 is 1.16 bits per heavy atom. The third-order valence-electron chi connectivity index (χ3n) is 3.41. The molecule has 0 atom stereocenters. The van der Waals surface area contributed by atoms with Crippen molar-refractivity contribution in [1.29, 1.82) is 0 Å². The largest absolute Gasteiger partial charge is 0.355 e. The first-order valence-electron chi connectivity index (χ1n) is 7.58. The number of nitrogens with zero attached hydrogens (tertiary/aromatic N) is 1. The molecule has 0 aliphatic heterocycles. The summed E-state index contributed by atoms with van der Waals surface area (Å²) < 4.78 is 25.4. The molecule has 0 bridgehead atoms. The highest BCUT2D eigenvalue weighted by Gasteiger charge is 2.14. The molecule has 8 heteroatoms. The van der Waals surface area contributed by atoms with E-state index in [1.807, 2.05) is 24.3 Å². The van der Waals surface area contributed by atoms with E-state index in [-0.39, 0.29) is 12.3 Å². The Balaban J connectivity index is 1.85. The van der Waals surface area contributed by atoms with Crippen LogP contribution in [0.2, 0.25) is 5.02 Å². The predicted molar refractivity (Wildman–Crippen MR) is 106 cm³/mol. The monoisotopic (exact) mass is 443 g/mol. The molecule has 0 aromatic heterocycles. The van der Waals surface area contributed by atoms with E-state index in [0.717, 1.165) is 10.0 Å². The average Bonchev–Trinajstić information content (AvgIpc) is 2.58. The first-order valence-corrected chi connectivity index (χ1v) is 10.4. The van der Waals surface area contributed by atoms with Crippen molar-refractivity contribution in [3.63, 3.8) is 0 Å². The smallest absolute Gasteiger partial charge is 0.191 e. The van der Waals surface area contributed by atoms with Crippen molar-refractivity contribution in [2.24, 2.45) is 4.99 Å². The number of halogens is 2. The van der Waals surface area contributed by atoms with Gasteiger partial charge in [0.25, 0.3) is 0 Å². The molecule has 5 nitrogen and oxygen atoms in total. The minimum atomic E-state index is -3.34. The minimum absolute atomic E-state index is 0.0213. The molecule has 0 saturated carbocycles. The van der Waals surface area contributed by atoms with Crippen LogP contribution in [0.5, 0.6) is 0 Å². The van der Waals surface area contributed by atoms with Gasteiger partial charge in [-0.05, 0) is 42.0 Å². The van der Waals surface area contributed by atoms with Crippen molar-refractivity contribution in [3.8, 4) is 0 Å². The van der Waals surface area contributed by atoms with Crippen molar-refractivity contribution in [2.75, 3.05) is 19.3 Å². The molecule has 0 spiro atoms. The maximum absolute atomic E-state index is 12.3. The number of hydrogen-bond acceptors (Lipinski definition) is 3. The molecule has 0 aliphatic rings. The molecule has 0 amide bonds. The SMILES string of the molecule is CN=C(NCCS(=O)(=O)c1ccc(Br)cc1)NCc1cccc(Cl)c1. The average molecular weight is 445 g/mol. The van der Waals surface area contributed by atoms with E-state index in [1.54, 1.807) is 31.3 Å². The number of aliphatic imine (C=N–C) groups is 1. The molecule has 2 rings (SSSR count). The van der Waals surface area contributed by atoms with E-state index in [0.29, 0.717) is 22.4 Å². The Labute approximate surface area is 161 Å². The number of benzene rings is 2. The second kappa shape index (κ2) is 9.22. The molecule has 25 heavy (non-hydrogen) atoms. The predicted octanol–water partition coefficient (Wildman–Crippen LogP) is 3.24. The maximum atomic E-state index is 12.3. The molecule has 0 heterocycles. The number of hydrogen-bond donors (Lipinski definition) is 2. The Morgan fingerprint density at radius 3 is 2.52 bits per heavy atom. The zero-order valence-corrected chi connectivity index (χ0v) is 16.8. The summed E-state index contributed by atoms with van der Waals surface area (Å²) in [4.78, 5) is 4.39. The molecule has 134 valence electrons. The number of guanidine groups is 1. The van der Waals surface area contributed by atoms with Crippen molar-refractivity contribution in [1.82, 2.24) is 10.6 Å². The fraction of sp³-hybridized carbons (Fsp3) is 0.235. The van der Waals surface area contributed by atoms with Gasteiger partial charge < -0.3 is 10.6 Å². The zero-order chi connectivity index (χ0) is 18.3. The Kier molecular flexibility index (Phi) is 7.28. The Bertz CT molecular complexity index is 839. The molecular formula is C17H19BrClN3O2S. The van der Waals surface area contributed by atoms with Crippen LogP contribution in [-0.4, -0.2) is 33.7 Å². The van der Waals surface area contributed by atoms with Crippen LogP contribution >= 0.6 is 27.5 Å². The van der Waals surface area contributed by atoms with Crippen LogP contribution in [0.3, 0.4) is 0 Å². The van der Waals surface area contributed by atoms with E-state index in [9.17, 15) is 8.42 Å². The van der Waals surface area contributed by atoms with E-state index >= 15 is 0 Å². The highest BCUT2D eigenvalue weighted by atomic mass is 79.9. The normalized spacial score (nSPS) is 12.0. The lowest BCUT2D eigenvalue weighted by Gasteiger charge is -2.12. The van der Waals surface area contributed by atoms with Gasteiger partial charge >= 0.3 is 0 Å². The van der Waals surface area contributed by atoms with Gasteiger partial charge in [0.05, 0.1) is 10.6 Å². The third-order valence-corrected chi connectivity index (χ3v) is 5.90. The molecule has 2 aromatic carbocycles. The highest BCUT2D eigenvalue weighted by molar-refractivity contribution is 9.10. The first-order chi connectivity index (χ1) is 11.9. The molecular weight excluding hydrogens is 426 g/mol. The summed E-state index contributed by atoms with van der Waals surface area (Å²) in [5.74, 6) is 0.512. The lowest BCUT2D eigenvalue weighted by Crippen LogP contribution is -2.39. The van der Waals surface area contributed by atoms with Gasteiger partial charge in [0.15, 0.2) is 15.8 Å². The Hall–Kier alpha value is -1.57. The second-order valence-electron chi connectivity index (χ2n) is 5.26. The molecule has 2 aromatic rings. The van der Waals surface area contributed by atoms with E-state index in [1.165, 1.54) is 0 Å². The quantitative estimate of drug-likeness (QED) is 0.530. The Morgan fingerprint density at radius 2 is 1.88 bits per heavy atom. The fourth-order valence-corrected chi connectivity index (χ4v) is 3.75. The second-order valence-corrected chi connectivity index (χ2v) is 8.72. The highest BCUT2D eigenvalue weighted by Crippen LogP contribution is 2.15. The molecule has 0 aliphatic carbocycles. The third kappa shape index (κ3) is 6.34. The van der Waals surface area contributed by atoms with Gasteiger partial charge in [-0.2, -0.15) is 0 Å². The van der Waals surface area contributed by atoms with Crippen LogP contribution < -0.4 is 10.6 Å². The number of nitrogens with one attached hydrogen (secondary N) is 2. The van der Waals surface area contributed by atoms with Crippen molar-refractivity contribution in [3.05, 3.63) is 63.6 Å². The molecule has 0 radical (unpaired) electrons. The van der Waals surface area contributed by atoms with Gasteiger partial charge in [-0.15, -0.1) is 0 Å². The van der Waals surface area contributed by atoms with Crippen LogP contribution in [0.25, 0.3) is 0 Å². The minimum Gasteiger partial charge on any atom is -0.355 e.